The van der Waals surface area contributed by atoms with Crippen molar-refractivity contribution >= 4 is 5.69 Å². The largest absolute Gasteiger partial charge is 0.494 e. The van der Waals surface area contributed by atoms with E-state index in [0.717, 1.165) is 49.7 Å². The van der Waals surface area contributed by atoms with Crippen molar-refractivity contribution in [2.75, 3.05) is 18.9 Å². The lowest BCUT2D eigenvalue weighted by Crippen LogP contribution is -2.01. The molecule has 20 heavy (non-hydrogen) atoms. The predicted octanol–water partition coefficient (Wildman–Crippen LogP) is 3.90. The lowest BCUT2D eigenvalue weighted by molar-refractivity contribution is 0.279. The number of rotatable bonds is 8. The van der Waals surface area contributed by atoms with Crippen molar-refractivity contribution in [1.29, 1.82) is 0 Å². The third-order valence-corrected chi connectivity index (χ3v) is 2.95. The van der Waals surface area contributed by atoms with E-state index in [1.807, 2.05) is 54.6 Å². The molecule has 2 aromatic carbocycles. The highest BCUT2D eigenvalue weighted by atomic mass is 16.5. The van der Waals surface area contributed by atoms with Crippen LogP contribution in [0.15, 0.2) is 54.6 Å². The lowest BCUT2D eigenvalue weighted by Gasteiger charge is -2.07. The highest BCUT2D eigenvalue weighted by molar-refractivity contribution is 5.41. The third-order valence-electron chi connectivity index (χ3n) is 2.95. The second kappa shape index (κ2) is 8.10. The highest BCUT2D eigenvalue weighted by Crippen LogP contribution is 2.14. The van der Waals surface area contributed by atoms with Crippen LogP contribution in [0.3, 0.4) is 0 Å². The smallest absolute Gasteiger partial charge is 0.119 e. The summed E-state index contributed by atoms with van der Waals surface area (Å²) < 4.78 is 11.3. The van der Waals surface area contributed by atoms with Gasteiger partial charge in [0.15, 0.2) is 0 Å². The molecule has 0 bridgehead atoms. The minimum absolute atomic E-state index is 0.731. The van der Waals surface area contributed by atoms with Gasteiger partial charge in [0.1, 0.15) is 11.5 Å². The molecule has 0 spiro atoms. The minimum Gasteiger partial charge on any atom is -0.494 e. The lowest BCUT2D eigenvalue weighted by atomic mass is 10.2. The second-order valence-corrected chi connectivity index (χ2v) is 4.64. The Kier molecular flexibility index (Phi) is 5.77. The van der Waals surface area contributed by atoms with Crippen molar-refractivity contribution in [2.24, 2.45) is 0 Å². The Morgan fingerprint density at radius 2 is 1.20 bits per heavy atom. The van der Waals surface area contributed by atoms with Crippen LogP contribution < -0.4 is 15.2 Å². The van der Waals surface area contributed by atoms with Crippen molar-refractivity contribution in [3.63, 3.8) is 0 Å². The van der Waals surface area contributed by atoms with Gasteiger partial charge in [-0.2, -0.15) is 0 Å². The fourth-order valence-electron chi connectivity index (χ4n) is 1.84. The summed E-state index contributed by atoms with van der Waals surface area (Å²) in [4.78, 5) is 0. The van der Waals surface area contributed by atoms with Gasteiger partial charge in [0, 0.05) is 5.69 Å². The number of ether oxygens (including phenoxy) is 2. The van der Waals surface area contributed by atoms with Gasteiger partial charge in [-0.05, 0) is 55.7 Å². The summed E-state index contributed by atoms with van der Waals surface area (Å²) in [7, 11) is 0. The van der Waals surface area contributed by atoms with E-state index in [-0.39, 0.29) is 0 Å². The molecule has 0 aliphatic carbocycles. The molecule has 2 N–H and O–H groups in total. The Labute approximate surface area is 120 Å². The Morgan fingerprint density at radius 1 is 0.650 bits per heavy atom. The zero-order valence-corrected chi connectivity index (χ0v) is 11.6. The summed E-state index contributed by atoms with van der Waals surface area (Å²) in [5, 5.41) is 0. The molecular formula is C17H21NO2. The summed E-state index contributed by atoms with van der Waals surface area (Å²) in [6.45, 7) is 1.49. The average molecular weight is 271 g/mol. The number of nitrogen functional groups attached to an aromatic ring is 1. The van der Waals surface area contributed by atoms with Gasteiger partial charge in [0.2, 0.25) is 0 Å². The Morgan fingerprint density at radius 3 is 1.80 bits per heavy atom. The first kappa shape index (κ1) is 14.3. The van der Waals surface area contributed by atoms with E-state index in [1.165, 1.54) is 0 Å². The van der Waals surface area contributed by atoms with Crippen LogP contribution in [0.25, 0.3) is 0 Å². The predicted molar refractivity (Wildman–Crippen MR) is 82.1 cm³/mol. The number of hydrogen-bond acceptors (Lipinski definition) is 3. The van der Waals surface area contributed by atoms with Crippen molar-refractivity contribution in [1.82, 2.24) is 0 Å². The first-order valence-corrected chi connectivity index (χ1v) is 7.01. The summed E-state index contributed by atoms with van der Waals surface area (Å²) in [6.07, 6.45) is 3.17. The molecule has 2 rings (SSSR count). The van der Waals surface area contributed by atoms with E-state index >= 15 is 0 Å². The molecule has 0 aliphatic rings. The maximum Gasteiger partial charge on any atom is 0.119 e. The van der Waals surface area contributed by atoms with Crippen molar-refractivity contribution in [3.8, 4) is 11.5 Å². The van der Waals surface area contributed by atoms with E-state index in [2.05, 4.69) is 0 Å². The van der Waals surface area contributed by atoms with Gasteiger partial charge in [-0.1, -0.05) is 18.2 Å². The zero-order valence-electron chi connectivity index (χ0n) is 11.6. The summed E-state index contributed by atoms with van der Waals surface area (Å²) in [6, 6.07) is 17.4. The monoisotopic (exact) mass is 271 g/mol. The number of anilines is 1. The van der Waals surface area contributed by atoms with Gasteiger partial charge >= 0.3 is 0 Å². The molecule has 0 heterocycles. The van der Waals surface area contributed by atoms with Crippen molar-refractivity contribution in [2.45, 2.75) is 19.3 Å². The number of hydrogen-bond donors (Lipinski definition) is 1. The van der Waals surface area contributed by atoms with E-state index in [1.54, 1.807) is 0 Å². The molecule has 3 nitrogen and oxygen atoms in total. The number of benzene rings is 2. The van der Waals surface area contributed by atoms with Crippen molar-refractivity contribution < 1.29 is 9.47 Å². The van der Waals surface area contributed by atoms with Crippen LogP contribution >= 0.6 is 0 Å². The van der Waals surface area contributed by atoms with Crippen LogP contribution in [0, 0.1) is 0 Å². The maximum atomic E-state index is 5.63. The number of nitrogens with two attached hydrogens (primary N) is 1. The first-order chi connectivity index (χ1) is 9.84. The SMILES string of the molecule is Nc1ccc(OCCCCCOc2ccccc2)cc1. The number of unbranched alkanes of at least 4 members (excludes halogenated alkanes) is 2. The fraction of sp³-hybridized carbons (Fsp3) is 0.294. The van der Waals surface area contributed by atoms with E-state index in [4.69, 9.17) is 15.2 Å². The molecule has 0 radical (unpaired) electrons. The quantitative estimate of drug-likeness (QED) is 0.585. The van der Waals surface area contributed by atoms with Gasteiger partial charge in [0.05, 0.1) is 13.2 Å². The molecule has 0 saturated heterocycles. The minimum atomic E-state index is 0.731. The normalized spacial score (nSPS) is 10.2. The third kappa shape index (κ3) is 5.22. The van der Waals surface area contributed by atoms with Gasteiger partial charge in [-0.3, -0.25) is 0 Å². The fourth-order valence-corrected chi connectivity index (χ4v) is 1.84. The molecule has 3 heteroatoms. The van der Waals surface area contributed by atoms with Crippen LogP contribution in [0.4, 0.5) is 5.69 Å². The molecule has 0 aromatic heterocycles. The standard InChI is InChI=1S/C17H21NO2/c18-15-9-11-17(12-10-15)20-14-6-2-5-13-19-16-7-3-1-4-8-16/h1,3-4,7-12H,2,5-6,13-14,18H2. The van der Waals surface area contributed by atoms with Gasteiger partial charge in [0.25, 0.3) is 0 Å². The Balaban J connectivity index is 1.51. The van der Waals surface area contributed by atoms with Crippen LogP contribution in [0.5, 0.6) is 11.5 Å². The van der Waals surface area contributed by atoms with Crippen LogP contribution in [0.2, 0.25) is 0 Å². The van der Waals surface area contributed by atoms with Gasteiger partial charge in [-0.25, -0.2) is 0 Å². The second-order valence-electron chi connectivity index (χ2n) is 4.64. The molecule has 0 amide bonds. The van der Waals surface area contributed by atoms with Gasteiger partial charge in [-0.15, -0.1) is 0 Å². The molecule has 0 fully saturated rings. The molecule has 0 aliphatic heterocycles. The molecule has 0 atom stereocenters. The molecule has 106 valence electrons. The summed E-state index contributed by atoms with van der Waals surface area (Å²) >= 11 is 0. The summed E-state index contributed by atoms with van der Waals surface area (Å²) in [5.74, 6) is 1.81. The highest BCUT2D eigenvalue weighted by Gasteiger charge is 1.95. The molecule has 0 unspecified atom stereocenters. The van der Waals surface area contributed by atoms with E-state index in [0.29, 0.717) is 0 Å². The maximum absolute atomic E-state index is 5.63. The topological polar surface area (TPSA) is 44.5 Å². The molecular weight excluding hydrogens is 250 g/mol. The first-order valence-electron chi connectivity index (χ1n) is 7.01. The van der Waals surface area contributed by atoms with E-state index < -0.39 is 0 Å². The van der Waals surface area contributed by atoms with Crippen LogP contribution in [-0.4, -0.2) is 13.2 Å². The Hall–Kier alpha value is -2.16. The average Bonchev–Trinajstić information content (AvgIpc) is 2.49. The van der Waals surface area contributed by atoms with E-state index in [9.17, 15) is 0 Å². The molecule has 2 aromatic rings. The van der Waals surface area contributed by atoms with Gasteiger partial charge < -0.3 is 15.2 Å². The van der Waals surface area contributed by atoms with Crippen LogP contribution in [-0.2, 0) is 0 Å². The zero-order chi connectivity index (χ0) is 14.0. The molecule has 0 saturated carbocycles. The summed E-state index contributed by atoms with van der Waals surface area (Å²) in [5.41, 5.74) is 6.37. The Bertz CT molecular complexity index is 482. The number of para-hydroxylation sites is 1. The van der Waals surface area contributed by atoms with Crippen molar-refractivity contribution in [3.05, 3.63) is 54.6 Å². The van der Waals surface area contributed by atoms with Crippen LogP contribution in [0.1, 0.15) is 19.3 Å².